The van der Waals surface area contributed by atoms with Crippen molar-refractivity contribution in [3.63, 3.8) is 0 Å². The topological polar surface area (TPSA) is 47.1 Å². The van der Waals surface area contributed by atoms with Gasteiger partial charge in [0.25, 0.3) is 0 Å². The number of aromatic nitrogens is 2. The number of anilines is 3. The second-order valence-electron chi connectivity index (χ2n) is 6.09. The lowest BCUT2D eigenvalue weighted by molar-refractivity contribution is 1.01. The summed E-state index contributed by atoms with van der Waals surface area (Å²) in [5, 5.41) is 0. The van der Waals surface area contributed by atoms with Crippen LogP contribution in [0.5, 0.6) is 0 Å². The molecule has 5 rings (SSSR count). The second-order valence-corrected chi connectivity index (χ2v) is 6.09. The number of fused-ring (bicyclic) bond motifs is 5. The number of nitrogen functional groups attached to an aromatic ring is 1. The summed E-state index contributed by atoms with van der Waals surface area (Å²) in [6.45, 7) is 4.34. The molecule has 0 fully saturated rings. The Morgan fingerprint density at radius 2 is 1.48 bits per heavy atom. The summed E-state index contributed by atoms with van der Waals surface area (Å²) >= 11 is 0. The third kappa shape index (κ3) is 1.85. The van der Waals surface area contributed by atoms with E-state index in [2.05, 4.69) is 29.3 Å². The molecule has 1 aromatic heterocycles. The van der Waals surface area contributed by atoms with Gasteiger partial charge in [-0.3, -0.25) is 9.47 Å². The quantitative estimate of drug-likeness (QED) is 0.515. The number of rotatable bonds is 1. The van der Waals surface area contributed by atoms with E-state index in [1.807, 2.05) is 59.5 Å². The van der Waals surface area contributed by atoms with Crippen LogP contribution in [-0.4, -0.2) is 9.55 Å². The highest BCUT2D eigenvalue weighted by atomic mass is 15.3. The van der Waals surface area contributed by atoms with Crippen molar-refractivity contribution < 1.29 is 0 Å². The van der Waals surface area contributed by atoms with E-state index in [4.69, 9.17) is 10.7 Å². The molecule has 3 aromatic carbocycles. The van der Waals surface area contributed by atoms with Gasteiger partial charge >= 0.3 is 0 Å². The third-order valence-corrected chi connectivity index (χ3v) is 4.65. The number of nitrogens with zero attached hydrogens (tertiary/aromatic N) is 3. The number of hydrogen-bond acceptors (Lipinski definition) is 3. The van der Waals surface area contributed by atoms with Crippen LogP contribution >= 0.6 is 0 Å². The van der Waals surface area contributed by atoms with Crippen LogP contribution in [0, 0.1) is 0 Å². The van der Waals surface area contributed by atoms with Gasteiger partial charge in [-0.2, -0.15) is 0 Å². The molecular weight excluding hydrogens is 308 g/mol. The fourth-order valence-corrected chi connectivity index (χ4v) is 3.50. The van der Waals surface area contributed by atoms with Gasteiger partial charge in [-0.15, -0.1) is 0 Å². The minimum atomic E-state index is 0.696. The molecule has 2 N–H and O–H groups in total. The molecule has 1 aliphatic heterocycles. The molecule has 2 heterocycles. The molecule has 0 amide bonds. The largest absolute Gasteiger partial charge is 0.397 e. The van der Waals surface area contributed by atoms with E-state index >= 15 is 0 Å². The van der Waals surface area contributed by atoms with Gasteiger partial charge in [0.2, 0.25) is 5.95 Å². The molecule has 4 aromatic rings. The predicted octanol–water partition coefficient (Wildman–Crippen LogP) is 4.73. The van der Waals surface area contributed by atoms with Gasteiger partial charge < -0.3 is 5.73 Å². The monoisotopic (exact) mass is 324 g/mol. The van der Waals surface area contributed by atoms with Crippen molar-refractivity contribution in [2.24, 2.45) is 0 Å². The smallest absolute Gasteiger partial charge is 0.220 e. The molecule has 0 unspecified atom stereocenters. The molecule has 0 bridgehead atoms. The van der Waals surface area contributed by atoms with E-state index in [9.17, 15) is 0 Å². The molecule has 120 valence electrons. The SMILES string of the molecule is C=C1c2ccccc2-n2c(nc3ccccc32)N1c1ccccc1N. The van der Waals surface area contributed by atoms with Gasteiger partial charge in [-0.1, -0.05) is 49.0 Å². The first-order chi connectivity index (χ1) is 12.3. The minimum Gasteiger partial charge on any atom is -0.397 e. The molecule has 4 heteroatoms. The number of hydrogen-bond donors (Lipinski definition) is 1. The van der Waals surface area contributed by atoms with Gasteiger partial charge in [-0.05, 0) is 30.3 Å². The molecule has 1 aliphatic rings. The molecule has 0 saturated heterocycles. The lowest BCUT2D eigenvalue weighted by Crippen LogP contribution is -2.25. The van der Waals surface area contributed by atoms with Crippen LogP contribution in [0.3, 0.4) is 0 Å². The zero-order valence-electron chi connectivity index (χ0n) is 13.6. The molecule has 25 heavy (non-hydrogen) atoms. The molecule has 0 atom stereocenters. The number of imidazole rings is 1. The fraction of sp³-hybridized carbons (Fsp3) is 0. The lowest BCUT2D eigenvalue weighted by Gasteiger charge is -2.33. The van der Waals surface area contributed by atoms with Crippen molar-refractivity contribution in [3.05, 3.63) is 84.9 Å². The van der Waals surface area contributed by atoms with Crippen LogP contribution in [0.25, 0.3) is 22.4 Å². The van der Waals surface area contributed by atoms with Crippen molar-refractivity contribution in [2.75, 3.05) is 10.6 Å². The zero-order valence-corrected chi connectivity index (χ0v) is 13.6. The minimum absolute atomic E-state index is 0.696. The Morgan fingerprint density at radius 3 is 2.32 bits per heavy atom. The van der Waals surface area contributed by atoms with Crippen molar-refractivity contribution in [3.8, 4) is 5.69 Å². The fourth-order valence-electron chi connectivity index (χ4n) is 3.50. The highest BCUT2D eigenvalue weighted by Crippen LogP contribution is 2.44. The molecule has 4 nitrogen and oxygen atoms in total. The van der Waals surface area contributed by atoms with Crippen LogP contribution in [-0.2, 0) is 0 Å². The summed E-state index contributed by atoms with van der Waals surface area (Å²) in [4.78, 5) is 6.91. The van der Waals surface area contributed by atoms with Gasteiger partial charge in [0.05, 0.1) is 33.8 Å². The number of para-hydroxylation sites is 5. The average Bonchev–Trinajstić information content (AvgIpc) is 3.02. The summed E-state index contributed by atoms with van der Waals surface area (Å²) < 4.78 is 2.17. The average molecular weight is 324 g/mol. The maximum absolute atomic E-state index is 6.27. The first-order valence-electron chi connectivity index (χ1n) is 8.16. The normalized spacial score (nSPS) is 13.0. The van der Waals surface area contributed by atoms with Crippen molar-refractivity contribution in [1.29, 1.82) is 0 Å². The highest BCUT2D eigenvalue weighted by molar-refractivity contribution is 5.97. The van der Waals surface area contributed by atoms with Gasteiger partial charge in [0, 0.05) is 5.56 Å². The summed E-state index contributed by atoms with van der Waals surface area (Å²) in [7, 11) is 0. The van der Waals surface area contributed by atoms with Crippen LogP contribution in [0.2, 0.25) is 0 Å². The Morgan fingerprint density at radius 1 is 0.800 bits per heavy atom. The van der Waals surface area contributed by atoms with Crippen molar-refractivity contribution in [1.82, 2.24) is 9.55 Å². The van der Waals surface area contributed by atoms with E-state index in [1.165, 1.54) is 0 Å². The molecule has 0 aliphatic carbocycles. The summed E-state index contributed by atoms with van der Waals surface area (Å²) in [5.41, 5.74) is 12.9. The Labute approximate surface area is 145 Å². The van der Waals surface area contributed by atoms with E-state index in [-0.39, 0.29) is 0 Å². The zero-order chi connectivity index (χ0) is 17.0. The van der Waals surface area contributed by atoms with Crippen molar-refractivity contribution >= 4 is 34.1 Å². The van der Waals surface area contributed by atoms with E-state index in [0.29, 0.717) is 5.69 Å². The summed E-state index contributed by atoms with van der Waals surface area (Å²) in [6, 6.07) is 24.2. The second kappa shape index (κ2) is 4.98. The van der Waals surface area contributed by atoms with E-state index in [1.54, 1.807) is 0 Å². The molecule has 0 radical (unpaired) electrons. The van der Waals surface area contributed by atoms with Crippen LogP contribution < -0.4 is 10.6 Å². The van der Waals surface area contributed by atoms with Gasteiger partial charge in [0.15, 0.2) is 0 Å². The molecular formula is C21H16N4. The first-order valence-corrected chi connectivity index (χ1v) is 8.16. The van der Waals surface area contributed by atoms with Crippen LogP contribution in [0.4, 0.5) is 17.3 Å². The van der Waals surface area contributed by atoms with Crippen molar-refractivity contribution in [2.45, 2.75) is 0 Å². The number of nitrogens with two attached hydrogens (primary N) is 1. The van der Waals surface area contributed by atoms with Gasteiger partial charge in [-0.25, -0.2) is 4.98 Å². The standard InChI is InChI=1S/C21H16N4/c1-14-15-8-2-5-11-18(15)25-20-13-7-4-10-17(20)23-21(25)24(14)19-12-6-3-9-16(19)22/h2-13H,1,22H2. The third-order valence-electron chi connectivity index (χ3n) is 4.65. The predicted molar refractivity (Wildman–Crippen MR) is 103 cm³/mol. The Hall–Kier alpha value is -3.53. The highest BCUT2D eigenvalue weighted by Gasteiger charge is 2.30. The van der Waals surface area contributed by atoms with E-state index in [0.717, 1.165) is 39.6 Å². The lowest BCUT2D eigenvalue weighted by atomic mass is 10.1. The maximum atomic E-state index is 6.27. The van der Waals surface area contributed by atoms with E-state index < -0.39 is 0 Å². The number of benzene rings is 3. The van der Waals surface area contributed by atoms with Gasteiger partial charge in [0.1, 0.15) is 0 Å². The van der Waals surface area contributed by atoms with Crippen LogP contribution in [0.15, 0.2) is 79.4 Å². The molecule has 0 saturated carbocycles. The maximum Gasteiger partial charge on any atom is 0.220 e. The Bertz CT molecular complexity index is 1140. The Balaban J connectivity index is 1.90. The first kappa shape index (κ1) is 13.9. The van der Waals surface area contributed by atoms with Crippen LogP contribution in [0.1, 0.15) is 5.56 Å². The summed E-state index contributed by atoms with van der Waals surface area (Å²) in [6.07, 6.45) is 0. The summed E-state index contributed by atoms with van der Waals surface area (Å²) in [5.74, 6) is 0.808. The molecule has 0 spiro atoms. The Kier molecular flexibility index (Phi) is 2.76.